The molecule has 1 aliphatic heterocycles. The molecule has 0 spiro atoms. The molecule has 1 heterocycles. The molecular weight excluding hydrogens is 295 g/mol. The maximum Gasteiger partial charge on any atom is 0.229 e. The molecule has 1 fully saturated rings. The Morgan fingerprint density at radius 1 is 1.17 bits per heavy atom. The van der Waals surface area contributed by atoms with Crippen LogP contribution < -0.4 is 10.2 Å². The number of benzene rings is 2. The molecule has 1 atom stereocenters. The number of carbonyl (C=O) groups excluding carboxylic acids is 2. The second kappa shape index (κ2) is 6.20. The molecule has 2 aromatic carbocycles. The number of halogens is 1. The molecule has 2 aromatic rings. The fraction of sp³-hybridized carbons (Fsp3) is 0.222. The van der Waals surface area contributed by atoms with Crippen LogP contribution >= 0.6 is 0 Å². The summed E-state index contributed by atoms with van der Waals surface area (Å²) in [4.78, 5) is 26.2. The molecule has 1 saturated heterocycles. The monoisotopic (exact) mass is 312 g/mol. The Bertz CT molecular complexity index is 760. The number of rotatable bonds is 3. The Morgan fingerprint density at radius 2 is 1.87 bits per heavy atom. The maximum absolute atomic E-state index is 13.6. The van der Waals surface area contributed by atoms with Gasteiger partial charge in [0.05, 0.1) is 11.6 Å². The van der Waals surface area contributed by atoms with E-state index in [-0.39, 0.29) is 23.9 Å². The average Bonchev–Trinajstić information content (AvgIpc) is 2.92. The summed E-state index contributed by atoms with van der Waals surface area (Å²) in [6, 6.07) is 13.6. The van der Waals surface area contributed by atoms with E-state index in [1.807, 2.05) is 31.2 Å². The van der Waals surface area contributed by atoms with E-state index in [9.17, 15) is 14.0 Å². The summed E-state index contributed by atoms with van der Waals surface area (Å²) >= 11 is 0. The van der Waals surface area contributed by atoms with Crippen molar-refractivity contribution >= 4 is 23.2 Å². The summed E-state index contributed by atoms with van der Waals surface area (Å²) in [5, 5.41) is 2.57. The number of nitrogens with one attached hydrogen (secondary N) is 1. The van der Waals surface area contributed by atoms with Crippen LogP contribution in [0.2, 0.25) is 0 Å². The molecule has 1 N–H and O–H groups in total. The van der Waals surface area contributed by atoms with Gasteiger partial charge in [0.2, 0.25) is 11.8 Å². The molecule has 118 valence electrons. The first-order chi connectivity index (χ1) is 11.1. The van der Waals surface area contributed by atoms with Crippen LogP contribution in [0.4, 0.5) is 15.8 Å². The van der Waals surface area contributed by atoms with Crippen molar-refractivity contribution in [2.24, 2.45) is 5.92 Å². The average molecular weight is 312 g/mol. The third-order valence-corrected chi connectivity index (χ3v) is 4.03. The van der Waals surface area contributed by atoms with Crippen LogP contribution in [-0.2, 0) is 9.59 Å². The fourth-order valence-corrected chi connectivity index (χ4v) is 2.78. The van der Waals surface area contributed by atoms with Crippen LogP contribution in [0.5, 0.6) is 0 Å². The molecule has 5 heteroatoms. The number of anilines is 2. The summed E-state index contributed by atoms with van der Waals surface area (Å²) in [6.07, 6.45) is 0.134. The third kappa shape index (κ3) is 3.08. The Hall–Kier alpha value is -2.69. The largest absolute Gasteiger partial charge is 0.323 e. The minimum atomic E-state index is -0.485. The zero-order valence-electron chi connectivity index (χ0n) is 12.8. The molecule has 23 heavy (non-hydrogen) atoms. The molecular formula is C18H17FN2O2. The van der Waals surface area contributed by atoms with E-state index in [0.29, 0.717) is 6.54 Å². The van der Waals surface area contributed by atoms with Crippen molar-refractivity contribution in [2.45, 2.75) is 13.3 Å². The van der Waals surface area contributed by atoms with Gasteiger partial charge in [0, 0.05) is 18.7 Å². The molecule has 4 nitrogen and oxygen atoms in total. The first-order valence-electron chi connectivity index (χ1n) is 7.47. The van der Waals surface area contributed by atoms with Gasteiger partial charge in [-0.1, -0.05) is 30.3 Å². The second-order valence-electron chi connectivity index (χ2n) is 5.66. The molecule has 0 aliphatic carbocycles. The Labute approximate surface area is 133 Å². The van der Waals surface area contributed by atoms with Crippen LogP contribution in [0.15, 0.2) is 48.5 Å². The van der Waals surface area contributed by atoms with Gasteiger partial charge in [0.15, 0.2) is 0 Å². The molecule has 0 unspecified atom stereocenters. The van der Waals surface area contributed by atoms with Crippen molar-refractivity contribution in [1.82, 2.24) is 0 Å². The fourth-order valence-electron chi connectivity index (χ4n) is 2.78. The number of aryl methyl sites for hydroxylation is 1. The lowest BCUT2D eigenvalue weighted by molar-refractivity contribution is -0.122. The van der Waals surface area contributed by atoms with E-state index in [1.54, 1.807) is 17.0 Å². The molecule has 0 bridgehead atoms. The van der Waals surface area contributed by atoms with Crippen molar-refractivity contribution < 1.29 is 14.0 Å². The third-order valence-electron chi connectivity index (χ3n) is 4.03. The number of hydrogen-bond donors (Lipinski definition) is 1. The van der Waals surface area contributed by atoms with Crippen LogP contribution in [-0.4, -0.2) is 18.4 Å². The number of amides is 2. The minimum Gasteiger partial charge on any atom is -0.323 e. The van der Waals surface area contributed by atoms with Crippen LogP contribution in [0.3, 0.4) is 0 Å². The van der Waals surface area contributed by atoms with Gasteiger partial charge in [-0.25, -0.2) is 4.39 Å². The number of hydrogen-bond acceptors (Lipinski definition) is 2. The number of carbonyl (C=O) groups is 2. The molecule has 3 rings (SSSR count). The first-order valence-corrected chi connectivity index (χ1v) is 7.47. The van der Waals surface area contributed by atoms with Crippen molar-refractivity contribution in [1.29, 1.82) is 0 Å². The Balaban J connectivity index is 1.74. The Kier molecular flexibility index (Phi) is 4.10. The van der Waals surface area contributed by atoms with Gasteiger partial charge in [-0.15, -0.1) is 0 Å². The summed E-state index contributed by atoms with van der Waals surface area (Å²) < 4.78 is 13.6. The van der Waals surface area contributed by atoms with Crippen LogP contribution in [0, 0.1) is 18.7 Å². The molecule has 1 aliphatic rings. The first kappa shape index (κ1) is 15.2. The SMILES string of the molecule is Cc1ccccc1N1C[C@H](C(=O)Nc2ccccc2F)CC1=O. The van der Waals surface area contributed by atoms with Crippen molar-refractivity contribution in [2.75, 3.05) is 16.8 Å². The zero-order valence-corrected chi connectivity index (χ0v) is 12.8. The van der Waals surface area contributed by atoms with E-state index in [2.05, 4.69) is 5.32 Å². The zero-order chi connectivity index (χ0) is 16.4. The van der Waals surface area contributed by atoms with Gasteiger partial charge in [-0.05, 0) is 30.7 Å². The smallest absolute Gasteiger partial charge is 0.229 e. The predicted molar refractivity (Wildman–Crippen MR) is 86.7 cm³/mol. The number of para-hydroxylation sites is 2. The number of nitrogens with zero attached hydrogens (tertiary/aromatic N) is 1. The molecule has 0 saturated carbocycles. The highest BCUT2D eigenvalue weighted by Gasteiger charge is 2.35. The second-order valence-corrected chi connectivity index (χ2v) is 5.66. The van der Waals surface area contributed by atoms with Gasteiger partial charge >= 0.3 is 0 Å². The highest BCUT2D eigenvalue weighted by molar-refractivity contribution is 6.03. The van der Waals surface area contributed by atoms with Crippen molar-refractivity contribution in [3.63, 3.8) is 0 Å². The van der Waals surface area contributed by atoms with Crippen molar-refractivity contribution in [3.05, 3.63) is 59.9 Å². The highest BCUT2D eigenvalue weighted by Crippen LogP contribution is 2.28. The highest BCUT2D eigenvalue weighted by atomic mass is 19.1. The van der Waals surface area contributed by atoms with Gasteiger partial charge < -0.3 is 10.2 Å². The topological polar surface area (TPSA) is 49.4 Å². The summed E-state index contributed by atoms with van der Waals surface area (Å²) in [5.74, 6) is -1.39. The van der Waals surface area contributed by atoms with Crippen LogP contribution in [0.25, 0.3) is 0 Å². The van der Waals surface area contributed by atoms with E-state index in [0.717, 1.165) is 11.3 Å². The normalized spacial score (nSPS) is 17.4. The summed E-state index contributed by atoms with van der Waals surface area (Å²) in [6.45, 7) is 2.24. The van der Waals surface area contributed by atoms with Gasteiger partial charge in [0.1, 0.15) is 5.82 Å². The lowest BCUT2D eigenvalue weighted by atomic mass is 10.1. The Morgan fingerprint density at radius 3 is 2.61 bits per heavy atom. The van der Waals surface area contributed by atoms with Crippen LogP contribution in [0.1, 0.15) is 12.0 Å². The van der Waals surface area contributed by atoms with Crippen molar-refractivity contribution in [3.8, 4) is 0 Å². The quantitative estimate of drug-likeness (QED) is 0.946. The van der Waals surface area contributed by atoms with Gasteiger partial charge in [-0.3, -0.25) is 9.59 Å². The van der Waals surface area contributed by atoms with E-state index >= 15 is 0 Å². The molecule has 0 radical (unpaired) electrons. The van der Waals surface area contributed by atoms with Gasteiger partial charge in [-0.2, -0.15) is 0 Å². The van der Waals surface area contributed by atoms with E-state index in [1.165, 1.54) is 12.1 Å². The summed E-state index contributed by atoms with van der Waals surface area (Å²) in [7, 11) is 0. The lowest BCUT2D eigenvalue weighted by Gasteiger charge is -2.19. The lowest BCUT2D eigenvalue weighted by Crippen LogP contribution is -2.28. The minimum absolute atomic E-state index is 0.0898. The maximum atomic E-state index is 13.6. The molecule has 2 amide bonds. The van der Waals surface area contributed by atoms with E-state index in [4.69, 9.17) is 0 Å². The van der Waals surface area contributed by atoms with E-state index < -0.39 is 11.7 Å². The van der Waals surface area contributed by atoms with Gasteiger partial charge in [0.25, 0.3) is 0 Å². The predicted octanol–water partition coefficient (Wildman–Crippen LogP) is 3.13. The standard InChI is InChI=1S/C18H17FN2O2/c1-12-6-2-5-9-16(12)21-11-13(10-17(21)22)18(23)20-15-8-4-3-7-14(15)19/h2-9,13H,10-11H2,1H3,(H,20,23)/t13-/m1/s1. The molecule has 0 aromatic heterocycles. The summed E-state index contributed by atoms with van der Waals surface area (Å²) in [5.41, 5.74) is 1.94.